The molecule has 0 bridgehead atoms. The highest BCUT2D eigenvalue weighted by atomic mass is 16.4. The third kappa shape index (κ3) is 3.85. The molecule has 140 valence electrons. The van der Waals surface area contributed by atoms with Crippen LogP contribution in [-0.4, -0.2) is 11.0 Å². The van der Waals surface area contributed by atoms with Gasteiger partial charge >= 0.3 is 0 Å². The van der Waals surface area contributed by atoms with E-state index in [9.17, 15) is 9.90 Å². The average molecular weight is 355 g/mol. The number of hydrogen-bond acceptors (Lipinski definition) is 3. The van der Waals surface area contributed by atoms with Crippen LogP contribution in [0.5, 0.6) is 0 Å². The summed E-state index contributed by atoms with van der Waals surface area (Å²) in [5, 5.41) is 13.4. The number of fused-ring (bicyclic) bond motifs is 1. The molecule has 1 amide bonds. The fraction of sp³-hybridized carbons (Fsp3) is 0.500. The van der Waals surface area contributed by atoms with Crippen molar-refractivity contribution in [1.29, 1.82) is 0 Å². The Morgan fingerprint density at radius 2 is 2.00 bits per heavy atom. The van der Waals surface area contributed by atoms with E-state index in [1.54, 1.807) is 0 Å². The van der Waals surface area contributed by atoms with E-state index in [4.69, 9.17) is 4.42 Å². The molecule has 0 spiro atoms. The zero-order valence-electron chi connectivity index (χ0n) is 16.2. The number of aryl methyl sites for hydroxylation is 1. The van der Waals surface area contributed by atoms with Crippen LogP contribution in [0.4, 0.5) is 5.69 Å². The lowest BCUT2D eigenvalue weighted by Crippen LogP contribution is -2.24. The summed E-state index contributed by atoms with van der Waals surface area (Å²) >= 11 is 0. The molecular weight excluding hydrogens is 326 g/mol. The maximum Gasteiger partial charge on any atom is 0.291 e. The number of aliphatic hydroxyl groups is 1. The van der Waals surface area contributed by atoms with Crippen LogP contribution in [0.25, 0.3) is 0 Å². The van der Waals surface area contributed by atoms with Gasteiger partial charge in [-0.25, -0.2) is 0 Å². The van der Waals surface area contributed by atoms with Crippen LogP contribution in [0.3, 0.4) is 0 Å². The molecule has 1 aliphatic carbocycles. The summed E-state index contributed by atoms with van der Waals surface area (Å²) in [6.45, 7) is 8.25. The highest BCUT2D eigenvalue weighted by molar-refractivity contribution is 6.03. The molecule has 3 rings (SSSR count). The van der Waals surface area contributed by atoms with Crippen molar-refractivity contribution in [2.24, 2.45) is 5.41 Å². The van der Waals surface area contributed by atoms with Gasteiger partial charge in [-0.2, -0.15) is 0 Å². The van der Waals surface area contributed by atoms with E-state index in [0.29, 0.717) is 12.2 Å². The molecule has 26 heavy (non-hydrogen) atoms. The molecule has 1 atom stereocenters. The Bertz CT molecular complexity index is 786. The van der Waals surface area contributed by atoms with Gasteiger partial charge in [0, 0.05) is 23.2 Å². The molecule has 1 aromatic carbocycles. The normalized spacial score (nSPS) is 18.4. The van der Waals surface area contributed by atoms with Crippen molar-refractivity contribution in [3.63, 3.8) is 0 Å². The third-order valence-electron chi connectivity index (χ3n) is 5.23. The Balaban J connectivity index is 1.77. The Hall–Kier alpha value is -2.07. The summed E-state index contributed by atoms with van der Waals surface area (Å²) < 4.78 is 5.88. The number of nitrogens with one attached hydrogen (secondary N) is 1. The van der Waals surface area contributed by atoms with Crippen LogP contribution in [0, 0.1) is 12.3 Å². The first kappa shape index (κ1) is 18.7. The number of benzene rings is 1. The highest BCUT2D eigenvalue weighted by Gasteiger charge is 2.37. The van der Waals surface area contributed by atoms with Gasteiger partial charge in [0.1, 0.15) is 5.76 Å². The Labute approximate surface area is 155 Å². The van der Waals surface area contributed by atoms with E-state index in [0.717, 1.165) is 35.4 Å². The van der Waals surface area contributed by atoms with Crippen LogP contribution in [0.1, 0.15) is 79.1 Å². The van der Waals surface area contributed by atoms with Crippen LogP contribution >= 0.6 is 0 Å². The molecule has 0 radical (unpaired) electrons. The highest BCUT2D eigenvalue weighted by Crippen LogP contribution is 2.44. The number of anilines is 1. The molecule has 0 saturated heterocycles. The summed E-state index contributed by atoms with van der Waals surface area (Å²) in [5.74, 6) is 0.788. The Kier molecular flexibility index (Phi) is 5.24. The molecule has 4 heteroatoms. The summed E-state index contributed by atoms with van der Waals surface area (Å²) in [6, 6.07) is 7.97. The molecule has 2 aromatic rings. The summed E-state index contributed by atoms with van der Waals surface area (Å²) in [4.78, 5) is 12.7. The number of unbranched alkanes of at least 4 members (excludes halogenated alkanes) is 1. The van der Waals surface area contributed by atoms with E-state index < -0.39 is 6.10 Å². The van der Waals surface area contributed by atoms with E-state index in [1.165, 1.54) is 18.4 Å². The standard InChI is InChI=1S/C22H29NO3/c1-5-6-7-15-8-10-16(11-9-15)23-21(25)20-14(2)19-17(24)12-22(3,4)13-18(19)26-20/h8-11,17,24H,5-7,12-13H2,1-4H3,(H,23,25). The van der Waals surface area contributed by atoms with Crippen molar-refractivity contribution in [2.75, 3.05) is 5.32 Å². The van der Waals surface area contributed by atoms with E-state index in [1.807, 2.05) is 19.1 Å². The number of aliphatic hydroxyl groups excluding tert-OH is 1. The number of furan rings is 1. The van der Waals surface area contributed by atoms with Gasteiger partial charge in [-0.1, -0.05) is 39.3 Å². The minimum atomic E-state index is -0.572. The van der Waals surface area contributed by atoms with E-state index in [2.05, 4.69) is 38.2 Å². The predicted octanol–water partition coefficient (Wildman–Crippen LogP) is 5.19. The molecular formula is C22H29NO3. The number of carbonyl (C=O) groups is 1. The van der Waals surface area contributed by atoms with Crippen molar-refractivity contribution in [3.05, 3.63) is 52.5 Å². The lowest BCUT2D eigenvalue weighted by atomic mass is 9.75. The summed E-state index contributed by atoms with van der Waals surface area (Å²) in [5.41, 5.74) is 3.55. The summed E-state index contributed by atoms with van der Waals surface area (Å²) in [7, 11) is 0. The molecule has 1 unspecified atom stereocenters. The van der Waals surface area contributed by atoms with Gasteiger partial charge in [-0.05, 0) is 49.3 Å². The molecule has 1 aromatic heterocycles. The van der Waals surface area contributed by atoms with Crippen molar-refractivity contribution < 1.29 is 14.3 Å². The van der Waals surface area contributed by atoms with Gasteiger partial charge in [0.25, 0.3) is 5.91 Å². The predicted molar refractivity (Wildman–Crippen MR) is 104 cm³/mol. The first-order valence-electron chi connectivity index (χ1n) is 9.51. The van der Waals surface area contributed by atoms with Crippen LogP contribution in [0.2, 0.25) is 0 Å². The smallest absolute Gasteiger partial charge is 0.291 e. The van der Waals surface area contributed by atoms with Gasteiger partial charge in [0.05, 0.1) is 6.10 Å². The number of carbonyl (C=O) groups excluding carboxylic acids is 1. The minimum absolute atomic E-state index is 0.0290. The Morgan fingerprint density at radius 1 is 1.31 bits per heavy atom. The first-order chi connectivity index (χ1) is 12.3. The number of hydrogen-bond donors (Lipinski definition) is 2. The second kappa shape index (κ2) is 7.28. The molecule has 1 heterocycles. The summed E-state index contributed by atoms with van der Waals surface area (Å²) in [6.07, 6.45) is 4.24. The zero-order chi connectivity index (χ0) is 18.9. The van der Waals surface area contributed by atoms with Crippen LogP contribution < -0.4 is 5.32 Å². The van der Waals surface area contributed by atoms with E-state index in [-0.39, 0.29) is 11.3 Å². The zero-order valence-corrected chi connectivity index (χ0v) is 16.2. The molecule has 2 N–H and O–H groups in total. The first-order valence-corrected chi connectivity index (χ1v) is 9.51. The maximum absolute atomic E-state index is 12.7. The second-order valence-electron chi connectivity index (χ2n) is 8.21. The van der Waals surface area contributed by atoms with Crippen molar-refractivity contribution in [3.8, 4) is 0 Å². The molecule has 0 fully saturated rings. The van der Waals surface area contributed by atoms with E-state index >= 15 is 0 Å². The van der Waals surface area contributed by atoms with Gasteiger partial charge < -0.3 is 14.8 Å². The van der Waals surface area contributed by atoms with Gasteiger partial charge in [-0.15, -0.1) is 0 Å². The topological polar surface area (TPSA) is 62.5 Å². The molecule has 1 aliphatic rings. The molecule has 4 nitrogen and oxygen atoms in total. The van der Waals surface area contributed by atoms with Crippen LogP contribution in [-0.2, 0) is 12.8 Å². The minimum Gasteiger partial charge on any atom is -0.455 e. The maximum atomic E-state index is 12.7. The Morgan fingerprint density at radius 3 is 2.65 bits per heavy atom. The van der Waals surface area contributed by atoms with Gasteiger partial charge in [-0.3, -0.25) is 4.79 Å². The monoisotopic (exact) mass is 355 g/mol. The average Bonchev–Trinajstić information content (AvgIpc) is 2.89. The number of amides is 1. The van der Waals surface area contributed by atoms with Crippen molar-refractivity contribution >= 4 is 11.6 Å². The second-order valence-corrected chi connectivity index (χ2v) is 8.21. The SMILES string of the molecule is CCCCc1ccc(NC(=O)c2oc3c(c2C)C(O)CC(C)(C)C3)cc1. The lowest BCUT2D eigenvalue weighted by molar-refractivity contribution is 0.0910. The van der Waals surface area contributed by atoms with Crippen molar-refractivity contribution in [2.45, 2.75) is 65.9 Å². The molecule has 0 aliphatic heterocycles. The van der Waals surface area contributed by atoms with Gasteiger partial charge in [0.15, 0.2) is 5.76 Å². The molecule has 0 saturated carbocycles. The van der Waals surface area contributed by atoms with Crippen LogP contribution in [0.15, 0.2) is 28.7 Å². The largest absolute Gasteiger partial charge is 0.455 e. The lowest BCUT2D eigenvalue weighted by Gasteiger charge is -2.31. The van der Waals surface area contributed by atoms with Crippen molar-refractivity contribution in [1.82, 2.24) is 0 Å². The third-order valence-corrected chi connectivity index (χ3v) is 5.23. The van der Waals surface area contributed by atoms with Gasteiger partial charge in [0.2, 0.25) is 0 Å². The number of rotatable bonds is 5. The fourth-order valence-electron chi connectivity index (χ4n) is 3.83. The quantitative estimate of drug-likeness (QED) is 0.776. The fourth-order valence-corrected chi connectivity index (χ4v) is 3.83.